The van der Waals surface area contributed by atoms with Crippen LogP contribution >= 0.6 is 0 Å². The zero-order chi connectivity index (χ0) is 13.1. The normalized spacial score (nSPS) is 18.9. The van der Waals surface area contributed by atoms with Gasteiger partial charge in [0.15, 0.2) is 0 Å². The lowest BCUT2D eigenvalue weighted by molar-refractivity contribution is 0.168. The van der Waals surface area contributed by atoms with Crippen LogP contribution in [0.1, 0.15) is 25.3 Å². The van der Waals surface area contributed by atoms with Crippen LogP contribution in [0.2, 0.25) is 0 Å². The molecule has 0 spiro atoms. The van der Waals surface area contributed by atoms with Gasteiger partial charge in [-0.25, -0.2) is 0 Å². The van der Waals surface area contributed by atoms with E-state index in [1.165, 1.54) is 18.4 Å². The molecule has 1 saturated carbocycles. The van der Waals surface area contributed by atoms with E-state index in [1.807, 2.05) is 12.1 Å². The minimum absolute atomic E-state index is 0.331. The first kappa shape index (κ1) is 13.4. The van der Waals surface area contributed by atoms with Gasteiger partial charge in [-0.3, -0.25) is 4.90 Å². The Morgan fingerprint density at radius 3 is 2.44 bits per heavy atom. The molecule has 18 heavy (non-hydrogen) atoms. The number of hydrogen-bond acceptors (Lipinski definition) is 3. The van der Waals surface area contributed by atoms with Crippen molar-refractivity contribution >= 4 is 0 Å². The summed E-state index contributed by atoms with van der Waals surface area (Å²) in [4.78, 5) is 2.42. The third-order valence-corrected chi connectivity index (χ3v) is 4.09. The highest BCUT2D eigenvalue weighted by Crippen LogP contribution is 2.35. The van der Waals surface area contributed by atoms with Crippen LogP contribution in [0.15, 0.2) is 24.3 Å². The fraction of sp³-hybridized carbons (Fsp3) is 0.600. The minimum atomic E-state index is 0.331. The summed E-state index contributed by atoms with van der Waals surface area (Å²) < 4.78 is 0. The quantitative estimate of drug-likeness (QED) is 0.809. The maximum Gasteiger partial charge on any atom is 0.115 e. The number of likely N-dealkylation sites (N-methyl/N-ethyl adjacent to an activating group) is 1. The fourth-order valence-corrected chi connectivity index (χ4v) is 2.62. The predicted molar refractivity (Wildman–Crippen MR) is 74.6 cm³/mol. The summed E-state index contributed by atoms with van der Waals surface area (Å²) in [7, 11) is 2.18. The van der Waals surface area contributed by atoms with E-state index in [9.17, 15) is 5.11 Å². The van der Waals surface area contributed by atoms with Crippen LogP contribution in [0.5, 0.6) is 5.75 Å². The molecule has 3 nitrogen and oxygen atoms in total. The third kappa shape index (κ3) is 3.24. The maximum atomic E-state index is 9.28. The highest BCUT2D eigenvalue weighted by molar-refractivity contribution is 5.26. The van der Waals surface area contributed by atoms with Gasteiger partial charge in [0, 0.05) is 18.6 Å². The summed E-state index contributed by atoms with van der Waals surface area (Å²) in [6, 6.07) is 8.50. The molecule has 2 rings (SSSR count). The lowest BCUT2D eigenvalue weighted by Gasteiger charge is -2.32. The first-order chi connectivity index (χ1) is 8.61. The number of rotatable bonds is 6. The Morgan fingerprint density at radius 2 is 1.94 bits per heavy atom. The van der Waals surface area contributed by atoms with Crippen molar-refractivity contribution in [2.24, 2.45) is 11.7 Å². The van der Waals surface area contributed by atoms with E-state index in [0.29, 0.717) is 17.8 Å². The lowest BCUT2D eigenvalue weighted by atomic mass is 10.0. The van der Waals surface area contributed by atoms with Gasteiger partial charge in [-0.15, -0.1) is 0 Å². The highest BCUT2D eigenvalue weighted by atomic mass is 16.3. The van der Waals surface area contributed by atoms with Crippen LogP contribution < -0.4 is 5.73 Å². The number of phenols is 1. The Morgan fingerprint density at radius 1 is 1.33 bits per heavy atom. The van der Waals surface area contributed by atoms with E-state index in [0.717, 1.165) is 18.9 Å². The van der Waals surface area contributed by atoms with E-state index in [2.05, 4.69) is 18.9 Å². The summed E-state index contributed by atoms with van der Waals surface area (Å²) in [6.07, 6.45) is 3.66. The molecule has 2 atom stereocenters. The highest BCUT2D eigenvalue weighted by Gasteiger charge is 2.34. The Hall–Kier alpha value is -1.06. The number of benzene rings is 1. The van der Waals surface area contributed by atoms with Crippen LogP contribution in [0.25, 0.3) is 0 Å². The first-order valence-corrected chi connectivity index (χ1v) is 6.81. The van der Waals surface area contributed by atoms with E-state index in [-0.39, 0.29) is 0 Å². The number of nitrogens with zero attached hydrogens (tertiary/aromatic N) is 1. The van der Waals surface area contributed by atoms with Gasteiger partial charge < -0.3 is 10.8 Å². The van der Waals surface area contributed by atoms with E-state index in [1.54, 1.807) is 12.1 Å². The lowest BCUT2D eigenvalue weighted by Crippen LogP contribution is -2.45. The van der Waals surface area contributed by atoms with Gasteiger partial charge in [0.1, 0.15) is 5.75 Å². The molecule has 0 aliphatic heterocycles. The Balaban J connectivity index is 1.93. The molecule has 3 heteroatoms. The Bertz CT molecular complexity index is 373. The van der Waals surface area contributed by atoms with Crippen molar-refractivity contribution in [3.8, 4) is 5.75 Å². The van der Waals surface area contributed by atoms with E-state index >= 15 is 0 Å². The molecule has 0 heterocycles. The molecule has 0 bridgehead atoms. The van der Waals surface area contributed by atoms with Crippen LogP contribution in [0, 0.1) is 5.92 Å². The van der Waals surface area contributed by atoms with Gasteiger partial charge in [-0.2, -0.15) is 0 Å². The van der Waals surface area contributed by atoms with Gasteiger partial charge in [0.2, 0.25) is 0 Å². The Labute approximate surface area is 110 Å². The zero-order valence-electron chi connectivity index (χ0n) is 11.3. The average molecular weight is 248 g/mol. The molecule has 3 N–H and O–H groups in total. The molecular weight excluding hydrogens is 224 g/mol. The van der Waals surface area contributed by atoms with Gasteiger partial charge >= 0.3 is 0 Å². The third-order valence-electron chi connectivity index (χ3n) is 4.09. The zero-order valence-corrected chi connectivity index (χ0v) is 11.3. The average Bonchev–Trinajstić information content (AvgIpc) is 3.17. The molecule has 2 unspecified atom stereocenters. The van der Waals surface area contributed by atoms with Crippen molar-refractivity contribution in [3.05, 3.63) is 29.8 Å². The van der Waals surface area contributed by atoms with Crippen molar-refractivity contribution < 1.29 is 5.11 Å². The summed E-state index contributed by atoms with van der Waals surface area (Å²) in [5, 5.41) is 9.28. The molecule has 1 aliphatic carbocycles. The standard InChI is InChI=1S/C15H24N2O/c1-11(9-12-3-7-14(18)8-4-12)17(2)15(10-16)13-5-6-13/h3-4,7-8,11,13,15,18H,5-6,9-10,16H2,1-2H3. The number of phenolic OH excluding ortho intramolecular Hbond substituents is 1. The summed E-state index contributed by atoms with van der Waals surface area (Å²) in [5.41, 5.74) is 7.15. The van der Waals surface area contributed by atoms with Gasteiger partial charge in [-0.05, 0) is 56.8 Å². The molecule has 0 amide bonds. The molecule has 1 aliphatic rings. The molecule has 1 fully saturated rings. The molecular formula is C15H24N2O. The summed E-state index contributed by atoms with van der Waals surface area (Å²) >= 11 is 0. The van der Waals surface area contributed by atoms with Gasteiger partial charge in [0.25, 0.3) is 0 Å². The molecule has 1 aromatic rings. The van der Waals surface area contributed by atoms with E-state index in [4.69, 9.17) is 5.73 Å². The van der Waals surface area contributed by atoms with Crippen LogP contribution in [-0.4, -0.2) is 35.7 Å². The van der Waals surface area contributed by atoms with Crippen molar-refractivity contribution in [2.75, 3.05) is 13.6 Å². The first-order valence-electron chi connectivity index (χ1n) is 6.81. The number of hydrogen-bond donors (Lipinski definition) is 2. The molecule has 100 valence electrons. The molecule has 1 aromatic carbocycles. The van der Waals surface area contributed by atoms with Crippen molar-refractivity contribution in [3.63, 3.8) is 0 Å². The number of aromatic hydroxyl groups is 1. The monoisotopic (exact) mass is 248 g/mol. The fourth-order valence-electron chi connectivity index (χ4n) is 2.62. The number of nitrogens with two attached hydrogens (primary N) is 1. The second-order valence-electron chi connectivity index (χ2n) is 5.53. The topological polar surface area (TPSA) is 49.5 Å². The Kier molecular flexibility index (Phi) is 4.25. The smallest absolute Gasteiger partial charge is 0.115 e. The van der Waals surface area contributed by atoms with Crippen molar-refractivity contribution in [1.82, 2.24) is 4.90 Å². The second kappa shape index (κ2) is 5.72. The molecule has 0 aromatic heterocycles. The predicted octanol–water partition coefficient (Wildman–Crippen LogP) is 1.99. The molecule has 0 saturated heterocycles. The SMILES string of the molecule is CC(Cc1ccc(O)cc1)N(C)C(CN)C1CC1. The minimum Gasteiger partial charge on any atom is -0.508 e. The van der Waals surface area contributed by atoms with Gasteiger partial charge in [0.05, 0.1) is 0 Å². The van der Waals surface area contributed by atoms with Crippen LogP contribution in [0.4, 0.5) is 0 Å². The van der Waals surface area contributed by atoms with Gasteiger partial charge in [-0.1, -0.05) is 12.1 Å². The maximum absolute atomic E-state index is 9.28. The van der Waals surface area contributed by atoms with E-state index < -0.39 is 0 Å². The summed E-state index contributed by atoms with van der Waals surface area (Å²) in [5.74, 6) is 1.14. The van der Waals surface area contributed by atoms with Crippen molar-refractivity contribution in [1.29, 1.82) is 0 Å². The largest absolute Gasteiger partial charge is 0.508 e. The van der Waals surface area contributed by atoms with Crippen LogP contribution in [0.3, 0.4) is 0 Å². The van der Waals surface area contributed by atoms with Crippen LogP contribution in [-0.2, 0) is 6.42 Å². The second-order valence-corrected chi connectivity index (χ2v) is 5.53. The summed E-state index contributed by atoms with van der Waals surface area (Å²) in [6.45, 7) is 3.00. The molecule has 0 radical (unpaired) electrons. The van der Waals surface area contributed by atoms with Crippen molar-refractivity contribution in [2.45, 2.75) is 38.3 Å².